The molecule has 3 rings (SSSR count). The van der Waals surface area contributed by atoms with Gasteiger partial charge in [0.15, 0.2) is 0 Å². The van der Waals surface area contributed by atoms with E-state index in [1.165, 1.54) is 30.3 Å². The molecule has 0 spiro atoms. The van der Waals surface area contributed by atoms with Crippen LogP contribution in [0.1, 0.15) is 28.8 Å². The van der Waals surface area contributed by atoms with Gasteiger partial charge in [-0.25, -0.2) is 9.37 Å². The van der Waals surface area contributed by atoms with Crippen molar-refractivity contribution in [3.63, 3.8) is 0 Å². The molecule has 0 saturated carbocycles. The summed E-state index contributed by atoms with van der Waals surface area (Å²) in [6, 6.07) is 7.64. The van der Waals surface area contributed by atoms with Crippen molar-refractivity contribution in [2.45, 2.75) is 25.1 Å². The van der Waals surface area contributed by atoms with Gasteiger partial charge in [-0.05, 0) is 49.2 Å². The number of hydrogen-bond acceptors (Lipinski definition) is 3. The highest BCUT2D eigenvalue weighted by Gasteiger charge is 2.31. The number of nitrogens with one attached hydrogen (secondary N) is 1. The summed E-state index contributed by atoms with van der Waals surface area (Å²) in [6.45, 7) is 1.15. The molecule has 1 N–H and O–H groups in total. The summed E-state index contributed by atoms with van der Waals surface area (Å²) >= 11 is 0. The Morgan fingerprint density at radius 1 is 1.08 bits per heavy atom. The summed E-state index contributed by atoms with van der Waals surface area (Å²) in [5.41, 5.74) is -0.388. The number of halogens is 4. The molecular weight excluding hydrogens is 350 g/mol. The molecule has 1 fully saturated rings. The third-order valence-corrected chi connectivity index (χ3v) is 4.34. The van der Waals surface area contributed by atoms with Crippen molar-refractivity contribution in [2.75, 3.05) is 18.0 Å². The lowest BCUT2D eigenvalue weighted by Crippen LogP contribution is -2.45. The maximum Gasteiger partial charge on any atom is 0.417 e. The Morgan fingerprint density at radius 3 is 2.27 bits per heavy atom. The molecule has 4 nitrogen and oxygen atoms in total. The Balaban J connectivity index is 1.54. The van der Waals surface area contributed by atoms with E-state index in [1.54, 1.807) is 0 Å². The first-order valence-corrected chi connectivity index (χ1v) is 8.17. The van der Waals surface area contributed by atoms with Crippen LogP contribution < -0.4 is 10.2 Å². The van der Waals surface area contributed by atoms with Crippen LogP contribution in [0, 0.1) is 5.82 Å². The molecule has 138 valence electrons. The van der Waals surface area contributed by atoms with Crippen LogP contribution in [-0.2, 0) is 6.18 Å². The number of amides is 1. The van der Waals surface area contributed by atoms with E-state index in [2.05, 4.69) is 10.3 Å². The molecule has 1 amide bonds. The highest BCUT2D eigenvalue weighted by Crippen LogP contribution is 2.29. The number of alkyl halides is 3. The second-order valence-corrected chi connectivity index (χ2v) is 6.14. The number of carbonyl (C=O) groups excluding carboxylic acids is 1. The predicted molar refractivity (Wildman–Crippen MR) is 88.3 cm³/mol. The minimum Gasteiger partial charge on any atom is -0.356 e. The maximum atomic E-state index is 12.9. The average molecular weight is 367 g/mol. The highest BCUT2D eigenvalue weighted by molar-refractivity contribution is 5.94. The normalized spacial score (nSPS) is 15.8. The number of piperidine rings is 1. The number of anilines is 1. The van der Waals surface area contributed by atoms with Crippen molar-refractivity contribution in [3.05, 3.63) is 59.5 Å². The Labute approximate surface area is 147 Å². The van der Waals surface area contributed by atoms with Crippen molar-refractivity contribution in [1.82, 2.24) is 10.3 Å². The molecule has 0 atom stereocenters. The molecular formula is C18H17F4N3O. The number of benzene rings is 1. The lowest BCUT2D eigenvalue weighted by molar-refractivity contribution is -0.137. The monoisotopic (exact) mass is 367 g/mol. The van der Waals surface area contributed by atoms with Gasteiger partial charge in [0.25, 0.3) is 5.91 Å². The van der Waals surface area contributed by atoms with Crippen LogP contribution in [-0.4, -0.2) is 30.0 Å². The van der Waals surface area contributed by atoms with Gasteiger partial charge in [-0.3, -0.25) is 4.79 Å². The fourth-order valence-corrected chi connectivity index (χ4v) is 2.86. The third-order valence-electron chi connectivity index (χ3n) is 4.34. The van der Waals surface area contributed by atoms with Crippen molar-refractivity contribution in [2.24, 2.45) is 0 Å². The molecule has 1 aliphatic rings. The van der Waals surface area contributed by atoms with Gasteiger partial charge in [-0.1, -0.05) is 0 Å². The van der Waals surface area contributed by atoms with E-state index in [9.17, 15) is 22.4 Å². The standard InChI is InChI=1S/C18H17F4N3O/c19-14-4-1-12(2-5-14)17(26)24-15-7-9-25(10-8-15)16-6-3-13(11-23-16)18(20,21)22/h1-6,11,15H,7-10H2,(H,24,26). The summed E-state index contributed by atoms with van der Waals surface area (Å²) < 4.78 is 50.6. The van der Waals surface area contributed by atoms with Crippen LogP contribution in [0.5, 0.6) is 0 Å². The number of pyridine rings is 1. The minimum absolute atomic E-state index is 0.0433. The number of nitrogens with zero attached hydrogens (tertiary/aromatic N) is 2. The highest BCUT2D eigenvalue weighted by atomic mass is 19.4. The van der Waals surface area contributed by atoms with Crippen LogP contribution in [0.3, 0.4) is 0 Å². The summed E-state index contributed by atoms with van der Waals surface area (Å²) in [4.78, 5) is 17.9. The van der Waals surface area contributed by atoms with Gasteiger partial charge in [0.1, 0.15) is 11.6 Å². The van der Waals surface area contributed by atoms with Crippen LogP contribution in [0.4, 0.5) is 23.4 Å². The molecule has 2 aromatic rings. The molecule has 0 unspecified atom stereocenters. The molecule has 0 radical (unpaired) electrons. The first-order chi connectivity index (χ1) is 12.3. The zero-order chi connectivity index (χ0) is 18.7. The van der Waals surface area contributed by atoms with E-state index >= 15 is 0 Å². The van der Waals surface area contributed by atoms with Gasteiger partial charge in [0.05, 0.1) is 5.56 Å². The zero-order valence-electron chi connectivity index (χ0n) is 13.8. The topological polar surface area (TPSA) is 45.2 Å². The Hall–Kier alpha value is -2.64. The molecule has 1 aliphatic heterocycles. The molecule has 1 saturated heterocycles. The lowest BCUT2D eigenvalue weighted by Gasteiger charge is -2.33. The third kappa shape index (κ3) is 4.30. The molecule has 0 bridgehead atoms. The Kier molecular flexibility index (Phi) is 5.11. The van der Waals surface area contributed by atoms with Gasteiger partial charge in [-0.2, -0.15) is 13.2 Å². The number of hydrogen-bond donors (Lipinski definition) is 1. The molecule has 2 heterocycles. The van der Waals surface area contributed by atoms with Crippen LogP contribution in [0.25, 0.3) is 0 Å². The van der Waals surface area contributed by atoms with E-state index in [-0.39, 0.29) is 11.9 Å². The largest absolute Gasteiger partial charge is 0.417 e. The average Bonchev–Trinajstić information content (AvgIpc) is 2.62. The predicted octanol–water partition coefficient (Wildman–Crippen LogP) is 3.64. The van der Waals surface area contributed by atoms with Gasteiger partial charge in [-0.15, -0.1) is 0 Å². The second-order valence-electron chi connectivity index (χ2n) is 6.14. The first kappa shape index (κ1) is 18.2. The summed E-state index contributed by atoms with van der Waals surface area (Å²) in [6.07, 6.45) is -2.27. The smallest absolute Gasteiger partial charge is 0.356 e. The van der Waals surface area contributed by atoms with Crippen molar-refractivity contribution < 1.29 is 22.4 Å². The fourth-order valence-electron chi connectivity index (χ4n) is 2.86. The molecule has 1 aromatic carbocycles. The number of carbonyl (C=O) groups is 1. The van der Waals surface area contributed by atoms with Gasteiger partial charge in [0.2, 0.25) is 0 Å². The fraction of sp³-hybridized carbons (Fsp3) is 0.333. The zero-order valence-corrected chi connectivity index (χ0v) is 13.8. The summed E-state index contributed by atoms with van der Waals surface area (Å²) in [7, 11) is 0. The van der Waals surface area contributed by atoms with E-state index in [1.807, 2.05) is 4.90 Å². The maximum absolute atomic E-state index is 12.9. The van der Waals surface area contributed by atoms with E-state index < -0.39 is 17.6 Å². The van der Waals surface area contributed by atoms with E-state index in [4.69, 9.17) is 0 Å². The SMILES string of the molecule is O=C(NC1CCN(c2ccc(C(F)(F)F)cn2)CC1)c1ccc(F)cc1. The van der Waals surface area contributed by atoms with Gasteiger partial charge < -0.3 is 10.2 Å². The quantitative estimate of drug-likeness (QED) is 0.843. The van der Waals surface area contributed by atoms with E-state index in [0.29, 0.717) is 37.3 Å². The van der Waals surface area contributed by atoms with Crippen LogP contribution in [0.2, 0.25) is 0 Å². The Morgan fingerprint density at radius 2 is 1.73 bits per heavy atom. The van der Waals surface area contributed by atoms with Crippen molar-refractivity contribution in [3.8, 4) is 0 Å². The van der Waals surface area contributed by atoms with E-state index in [0.717, 1.165) is 12.3 Å². The minimum atomic E-state index is -4.40. The lowest BCUT2D eigenvalue weighted by atomic mass is 10.0. The molecule has 8 heteroatoms. The molecule has 0 aliphatic carbocycles. The second kappa shape index (κ2) is 7.31. The number of rotatable bonds is 3. The number of aromatic nitrogens is 1. The molecule has 1 aromatic heterocycles. The first-order valence-electron chi connectivity index (χ1n) is 8.17. The Bertz CT molecular complexity index is 752. The van der Waals surface area contributed by atoms with Crippen molar-refractivity contribution in [1.29, 1.82) is 0 Å². The van der Waals surface area contributed by atoms with Gasteiger partial charge in [0, 0.05) is 30.9 Å². The summed E-state index contributed by atoms with van der Waals surface area (Å²) in [5, 5.41) is 2.90. The molecule has 26 heavy (non-hydrogen) atoms. The van der Waals surface area contributed by atoms with Crippen LogP contribution in [0.15, 0.2) is 42.6 Å². The summed E-state index contributed by atoms with van der Waals surface area (Å²) in [5.74, 6) is -0.184. The van der Waals surface area contributed by atoms with Gasteiger partial charge >= 0.3 is 6.18 Å². The van der Waals surface area contributed by atoms with Crippen LogP contribution >= 0.6 is 0 Å². The van der Waals surface area contributed by atoms with Crippen molar-refractivity contribution >= 4 is 11.7 Å².